The summed E-state index contributed by atoms with van der Waals surface area (Å²) in [6.45, 7) is 6.33. The van der Waals surface area contributed by atoms with Crippen LogP contribution in [0.4, 0.5) is 0 Å². The number of nitrogens with zero attached hydrogens (tertiary/aromatic N) is 5. The van der Waals surface area contributed by atoms with E-state index in [-0.39, 0.29) is 0 Å². The maximum atomic E-state index is 5.44. The summed E-state index contributed by atoms with van der Waals surface area (Å²) in [5.41, 5.74) is 5.28. The molecule has 0 aliphatic heterocycles. The van der Waals surface area contributed by atoms with Gasteiger partial charge in [0.05, 0.1) is 5.69 Å². The molecule has 0 unspecified atom stereocenters. The van der Waals surface area contributed by atoms with E-state index < -0.39 is 0 Å². The van der Waals surface area contributed by atoms with Gasteiger partial charge in [0.15, 0.2) is 5.82 Å². The Balaban J connectivity index is 1.52. The third-order valence-electron chi connectivity index (χ3n) is 3.96. The summed E-state index contributed by atoms with van der Waals surface area (Å²) in [5, 5.41) is 4.16. The third kappa shape index (κ3) is 5.41. The average molecular weight is 361 g/mol. The van der Waals surface area contributed by atoms with E-state index >= 15 is 0 Å². The second kappa shape index (κ2) is 8.98. The zero-order valence-electron chi connectivity index (χ0n) is 15.9. The molecule has 0 amide bonds. The predicted molar refractivity (Wildman–Crippen MR) is 105 cm³/mol. The molecule has 138 valence electrons. The summed E-state index contributed by atoms with van der Waals surface area (Å²) < 4.78 is 0. The summed E-state index contributed by atoms with van der Waals surface area (Å²) in [4.78, 5) is 23.2. The van der Waals surface area contributed by atoms with Crippen LogP contribution in [0.2, 0.25) is 0 Å². The first kappa shape index (κ1) is 18.6. The molecule has 0 spiro atoms. The molecule has 3 rings (SSSR count). The van der Waals surface area contributed by atoms with E-state index in [1.165, 1.54) is 0 Å². The minimum atomic E-state index is 0.524. The quantitative estimate of drug-likeness (QED) is 0.362. The summed E-state index contributed by atoms with van der Waals surface area (Å²) in [6.07, 6.45) is 3.38. The molecule has 0 aliphatic carbocycles. The van der Waals surface area contributed by atoms with Crippen LogP contribution in [0.15, 0.2) is 53.8 Å². The van der Waals surface area contributed by atoms with E-state index in [4.69, 9.17) is 4.84 Å². The van der Waals surface area contributed by atoms with Crippen molar-refractivity contribution in [1.29, 1.82) is 0 Å². The van der Waals surface area contributed by atoms with Gasteiger partial charge >= 0.3 is 0 Å². The number of aromatic nitrogens is 4. The highest BCUT2D eigenvalue weighted by Crippen LogP contribution is 2.13. The molecule has 0 N–H and O–H groups in total. The van der Waals surface area contributed by atoms with Gasteiger partial charge in [-0.05, 0) is 63.9 Å². The van der Waals surface area contributed by atoms with Crippen molar-refractivity contribution in [1.82, 2.24) is 19.9 Å². The van der Waals surface area contributed by atoms with Gasteiger partial charge in [0.2, 0.25) is 0 Å². The van der Waals surface area contributed by atoms with E-state index in [9.17, 15) is 0 Å². The highest BCUT2D eigenvalue weighted by Gasteiger charge is 2.05. The molecular weight excluding hydrogens is 338 g/mol. The Bertz CT molecular complexity index is 939. The zero-order chi connectivity index (χ0) is 19.1. The first-order chi connectivity index (χ1) is 13.1. The lowest BCUT2D eigenvalue weighted by molar-refractivity contribution is 0.141. The van der Waals surface area contributed by atoms with Gasteiger partial charge in [-0.25, -0.2) is 15.0 Å². The second-order valence-electron chi connectivity index (χ2n) is 6.31. The summed E-state index contributed by atoms with van der Waals surface area (Å²) >= 11 is 0. The number of oxime groups is 1. The summed E-state index contributed by atoms with van der Waals surface area (Å²) in [5.74, 6) is 0.652. The van der Waals surface area contributed by atoms with Crippen molar-refractivity contribution in [3.63, 3.8) is 0 Å². The van der Waals surface area contributed by atoms with Gasteiger partial charge < -0.3 is 4.84 Å². The third-order valence-corrected chi connectivity index (χ3v) is 3.96. The van der Waals surface area contributed by atoms with Gasteiger partial charge in [-0.15, -0.1) is 0 Å². The molecule has 0 aliphatic rings. The highest BCUT2D eigenvalue weighted by atomic mass is 16.6. The summed E-state index contributed by atoms with van der Waals surface area (Å²) in [7, 11) is 0. The van der Waals surface area contributed by atoms with Crippen LogP contribution < -0.4 is 0 Å². The lowest BCUT2D eigenvalue weighted by Crippen LogP contribution is -2.02. The molecule has 27 heavy (non-hydrogen) atoms. The van der Waals surface area contributed by atoms with Gasteiger partial charge in [0.1, 0.15) is 18.0 Å². The van der Waals surface area contributed by atoms with Crippen molar-refractivity contribution in [3.05, 3.63) is 71.4 Å². The molecule has 3 heterocycles. The van der Waals surface area contributed by atoms with Crippen molar-refractivity contribution in [3.8, 4) is 11.5 Å². The lowest BCUT2D eigenvalue weighted by Gasteiger charge is -2.05. The fourth-order valence-corrected chi connectivity index (χ4v) is 2.57. The minimum absolute atomic E-state index is 0.524. The van der Waals surface area contributed by atoms with Crippen LogP contribution in [-0.4, -0.2) is 32.3 Å². The molecule has 6 nitrogen and oxygen atoms in total. The zero-order valence-corrected chi connectivity index (χ0v) is 15.9. The van der Waals surface area contributed by atoms with Gasteiger partial charge in [0, 0.05) is 23.3 Å². The van der Waals surface area contributed by atoms with Crippen molar-refractivity contribution in [2.45, 2.75) is 33.6 Å². The van der Waals surface area contributed by atoms with E-state index in [1.807, 2.05) is 63.2 Å². The Hall–Kier alpha value is -3.15. The lowest BCUT2D eigenvalue weighted by atomic mass is 10.2. The molecule has 0 saturated heterocycles. The fraction of sp³-hybridized carbons (Fsp3) is 0.286. The molecule has 0 radical (unpaired) electrons. The van der Waals surface area contributed by atoms with Crippen molar-refractivity contribution >= 4 is 5.71 Å². The van der Waals surface area contributed by atoms with Crippen LogP contribution in [0.1, 0.15) is 36.1 Å². The smallest absolute Gasteiger partial charge is 0.178 e. The molecule has 0 aromatic carbocycles. The second-order valence-corrected chi connectivity index (χ2v) is 6.31. The van der Waals surface area contributed by atoms with Crippen LogP contribution in [0, 0.1) is 13.8 Å². The van der Waals surface area contributed by atoms with Gasteiger partial charge in [-0.1, -0.05) is 17.3 Å². The first-order valence-electron chi connectivity index (χ1n) is 8.98. The Morgan fingerprint density at radius 3 is 2.59 bits per heavy atom. The maximum absolute atomic E-state index is 5.44. The molecule has 0 fully saturated rings. The monoisotopic (exact) mass is 361 g/mol. The average Bonchev–Trinajstić information content (AvgIpc) is 2.68. The van der Waals surface area contributed by atoms with E-state index in [0.717, 1.165) is 47.0 Å². The minimum Gasteiger partial charge on any atom is -0.396 e. The Kier molecular flexibility index (Phi) is 6.20. The molecule has 3 aromatic rings. The van der Waals surface area contributed by atoms with Crippen molar-refractivity contribution in [2.75, 3.05) is 6.61 Å². The van der Waals surface area contributed by atoms with Crippen molar-refractivity contribution in [2.24, 2.45) is 5.16 Å². The molecule has 6 heteroatoms. The Morgan fingerprint density at radius 1 is 0.963 bits per heavy atom. The molecule has 0 saturated carbocycles. The van der Waals surface area contributed by atoms with Crippen LogP contribution in [0.5, 0.6) is 0 Å². The Morgan fingerprint density at radius 2 is 1.78 bits per heavy atom. The van der Waals surface area contributed by atoms with Crippen molar-refractivity contribution < 1.29 is 4.84 Å². The topological polar surface area (TPSA) is 73.2 Å². The highest BCUT2D eigenvalue weighted by molar-refractivity contribution is 5.96. The van der Waals surface area contributed by atoms with Gasteiger partial charge in [-0.2, -0.15) is 0 Å². The SMILES string of the molecule is C/C(=N\OCCCc1cccc(-c2nccc(C)n2)n1)c1cccc(C)n1. The number of hydrogen-bond acceptors (Lipinski definition) is 6. The Labute approximate surface area is 159 Å². The fourth-order valence-electron chi connectivity index (χ4n) is 2.57. The predicted octanol–water partition coefficient (Wildman–Crippen LogP) is 3.92. The molecule has 0 bridgehead atoms. The maximum Gasteiger partial charge on any atom is 0.178 e. The van der Waals surface area contributed by atoms with Crippen LogP contribution in [0.3, 0.4) is 0 Å². The van der Waals surface area contributed by atoms with E-state index in [0.29, 0.717) is 12.4 Å². The molecular formula is C21H23N5O. The standard InChI is InChI=1S/C21H23N5O/c1-15-7-4-10-19(23-15)17(3)26-27-14-6-9-18-8-5-11-20(25-18)21-22-13-12-16(2)24-21/h4-5,7-8,10-13H,6,9,14H2,1-3H3/b26-17+. The molecule has 3 aromatic heterocycles. The molecule has 0 atom stereocenters. The number of aryl methyl sites for hydroxylation is 3. The first-order valence-corrected chi connectivity index (χ1v) is 8.98. The number of hydrogen-bond donors (Lipinski definition) is 0. The summed E-state index contributed by atoms with van der Waals surface area (Å²) in [6, 6.07) is 13.6. The normalized spacial score (nSPS) is 11.4. The van der Waals surface area contributed by atoms with E-state index in [1.54, 1.807) is 6.20 Å². The van der Waals surface area contributed by atoms with Gasteiger partial charge in [0.25, 0.3) is 0 Å². The van der Waals surface area contributed by atoms with Crippen LogP contribution in [0.25, 0.3) is 11.5 Å². The van der Waals surface area contributed by atoms with E-state index in [2.05, 4.69) is 25.1 Å². The van der Waals surface area contributed by atoms with Gasteiger partial charge in [-0.3, -0.25) is 4.98 Å². The van der Waals surface area contributed by atoms with Crippen LogP contribution in [-0.2, 0) is 11.3 Å². The largest absolute Gasteiger partial charge is 0.396 e. The van der Waals surface area contributed by atoms with Crippen LogP contribution >= 0.6 is 0 Å². The number of rotatable bonds is 7. The number of pyridine rings is 2.